The fraction of sp³-hybridized carbons (Fsp3) is 0.333. The molecule has 2 aromatic rings. The van der Waals surface area contributed by atoms with Crippen LogP contribution in [0.25, 0.3) is 0 Å². The van der Waals surface area contributed by atoms with Crippen LogP contribution in [-0.2, 0) is 6.61 Å². The standard InChI is InChI=1S/C15H19N3O3/c1-10(2)21-15-13(16)14(17-9-18-15)20-8-11-4-6-12(19-3)7-5-11/h4-7,9-10H,8,16H2,1-3H3. The summed E-state index contributed by atoms with van der Waals surface area (Å²) in [5.74, 6) is 1.45. The number of anilines is 1. The molecular weight excluding hydrogens is 270 g/mol. The van der Waals surface area contributed by atoms with Crippen molar-refractivity contribution in [2.75, 3.05) is 12.8 Å². The number of hydrogen-bond acceptors (Lipinski definition) is 6. The minimum Gasteiger partial charge on any atom is -0.497 e. The second-order valence-electron chi connectivity index (χ2n) is 4.70. The van der Waals surface area contributed by atoms with Gasteiger partial charge in [0, 0.05) is 0 Å². The maximum Gasteiger partial charge on any atom is 0.244 e. The van der Waals surface area contributed by atoms with Gasteiger partial charge in [-0.3, -0.25) is 0 Å². The molecule has 2 N–H and O–H groups in total. The van der Waals surface area contributed by atoms with Gasteiger partial charge in [-0.1, -0.05) is 12.1 Å². The highest BCUT2D eigenvalue weighted by molar-refractivity contribution is 5.55. The van der Waals surface area contributed by atoms with Crippen molar-refractivity contribution in [2.24, 2.45) is 0 Å². The smallest absolute Gasteiger partial charge is 0.244 e. The molecular formula is C15H19N3O3. The van der Waals surface area contributed by atoms with Crippen LogP contribution in [-0.4, -0.2) is 23.2 Å². The number of rotatable bonds is 6. The Labute approximate surface area is 123 Å². The molecule has 112 valence electrons. The van der Waals surface area contributed by atoms with E-state index in [1.54, 1.807) is 7.11 Å². The summed E-state index contributed by atoms with van der Waals surface area (Å²) < 4.78 is 16.2. The van der Waals surface area contributed by atoms with Crippen LogP contribution in [0.3, 0.4) is 0 Å². The van der Waals surface area contributed by atoms with Crippen molar-refractivity contribution in [1.29, 1.82) is 0 Å². The summed E-state index contributed by atoms with van der Waals surface area (Å²) in [6, 6.07) is 7.58. The number of aromatic nitrogens is 2. The highest BCUT2D eigenvalue weighted by Crippen LogP contribution is 2.28. The van der Waals surface area contributed by atoms with E-state index in [2.05, 4.69) is 9.97 Å². The predicted molar refractivity (Wildman–Crippen MR) is 79.5 cm³/mol. The average Bonchev–Trinajstić information content (AvgIpc) is 2.48. The van der Waals surface area contributed by atoms with E-state index >= 15 is 0 Å². The molecule has 2 rings (SSSR count). The van der Waals surface area contributed by atoms with Crippen LogP contribution in [0.5, 0.6) is 17.5 Å². The lowest BCUT2D eigenvalue weighted by Crippen LogP contribution is -2.10. The number of nitrogens with zero attached hydrogens (tertiary/aromatic N) is 2. The maximum absolute atomic E-state index is 5.95. The number of nitrogen functional groups attached to an aromatic ring is 1. The average molecular weight is 289 g/mol. The number of hydrogen-bond donors (Lipinski definition) is 1. The highest BCUT2D eigenvalue weighted by Gasteiger charge is 2.12. The summed E-state index contributed by atoms with van der Waals surface area (Å²) in [4.78, 5) is 8.03. The third-order valence-corrected chi connectivity index (χ3v) is 2.69. The molecule has 0 unspecified atom stereocenters. The van der Waals surface area contributed by atoms with Crippen LogP contribution < -0.4 is 19.9 Å². The summed E-state index contributed by atoms with van der Waals surface area (Å²) in [6.45, 7) is 4.16. The molecule has 0 atom stereocenters. The molecule has 1 aromatic carbocycles. The third-order valence-electron chi connectivity index (χ3n) is 2.69. The third kappa shape index (κ3) is 3.98. The van der Waals surface area contributed by atoms with Gasteiger partial charge in [-0.2, -0.15) is 9.97 Å². The zero-order valence-corrected chi connectivity index (χ0v) is 12.4. The quantitative estimate of drug-likeness (QED) is 0.879. The first-order valence-electron chi connectivity index (χ1n) is 6.63. The van der Waals surface area contributed by atoms with E-state index in [0.29, 0.717) is 24.1 Å². The number of benzene rings is 1. The molecule has 0 saturated heterocycles. The van der Waals surface area contributed by atoms with E-state index in [0.717, 1.165) is 11.3 Å². The molecule has 21 heavy (non-hydrogen) atoms. The molecule has 0 fully saturated rings. The van der Waals surface area contributed by atoms with Crippen molar-refractivity contribution in [3.63, 3.8) is 0 Å². The molecule has 0 aliphatic carbocycles. The number of nitrogens with two attached hydrogens (primary N) is 1. The van der Waals surface area contributed by atoms with E-state index in [1.165, 1.54) is 6.33 Å². The highest BCUT2D eigenvalue weighted by atomic mass is 16.5. The molecule has 1 heterocycles. The van der Waals surface area contributed by atoms with E-state index in [4.69, 9.17) is 19.9 Å². The summed E-state index contributed by atoms with van der Waals surface area (Å²) >= 11 is 0. The zero-order chi connectivity index (χ0) is 15.2. The molecule has 0 radical (unpaired) electrons. The molecule has 0 aliphatic rings. The van der Waals surface area contributed by atoms with Crippen molar-refractivity contribution in [1.82, 2.24) is 9.97 Å². The minimum atomic E-state index is -0.0170. The summed E-state index contributed by atoms with van der Waals surface area (Å²) in [5.41, 5.74) is 7.24. The fourth-order valence-corrected chi connectivity index (χ4v) is 1.67. The Morgan fingerprint density at radius 2 is 1.76 bits per heavy atom. The van der Waals surface area contributed by atoms with E-state index in [-0.39, 0.29) is 6.10 Å². The molecule has 0 aliphatic heterocycles. The van der Waals surface area contributed by atoms with Gasteiger partial charge < -0.3 is 19.9 Å². The lowest BCUT2D eigenvalue weighted by atomic mass is 10.2. The first-order chi connectivity index (χ1) is 10.1. The van der Waals surface area contributed by atoms with Gasteiger partial charge in [0.05, 0.1) is 13.2 Å². The first-order valence-corrected chi connectivity index (χ1v) is 6.63. The molecule has 0 spiro atoms. The number of methoxy groups -OCH3 is 1. The second-order valence-corrected chi connectivity index (χ2v) is 4.70. The van der Waals surface area contributed by atoms with Crippen molar-refractivity contribution < 1.29 is 14.2 Å². The number of ether oxygens (including phenoxy) is 3. The van der Waals surface area contributed by atoms with Gasteiger partial charge in [0.2, 0.25) is 11.8 Å². The zero-order valence-electron chi connectivity index (χ0n) is 12.4. The molecule has 6 nitrogen and oxygen atoms in total. The summed E-state index contributed by atoms with van der Waals surface area (Å²) in [7, 11) is 1.63. The summed E-state index contributed by atoms with van der Waals surface area (Å²) in [6.07, 6.45) is 1.36. The maximum atomic E-state index is 5.95. The summed E-state index contributed by atoms with van der Waals surface area (Å²) in [5, 5.41) is 0. The monoisotopic (exact) mass is 289 g/mol. The van der Waals surface area contributed by atoms with Crippen molar-refractivity contribution in [3.05, 3.63) is 36.2 Å². The topological polar surface area (TPSA) is 79.5 Å². The van der Waals surface area contributed by atoms with Crippen LogP contribution >= 0.6 is 0 Å². The van der Waals surface area contributed by atoms with Crippen LogP contribution in [0, 0.1) is 0 Å². The van der Waals surface area contributed by atoms with Gasteiger partial charge in [-0.15, -0.1) is 0 Å². The largest absolute Gasteiger partial charge is 0.497 e. The fourth-order valence-electron chi connectivity index (χ4n) is 1.67. The Morgan fingerprint density at radius 1 is 1.10 bits per heavy atom. The Balaban J connectivity index is 2.05. The lowest BCUT2D eigenvalue weighted by molar-refractivity contribution is 0.230. The van der Waals surface area contributed by atoms with Crippen LogP contribution in [0.2, 0.25) is 0 Å². The first kappa shape index (κ1) is 14.9. The second kappa shape index (κ2) is 6.78. The van der Waals surface area contributed by atoms with E-state index < -0.39 is 0 Å². The van der Waals surface area contributed by atoms with Crippen LogP contribution in [0.15, 0.2) is 30.6 Å². The Kier molecular flexibility index (Phi) is 4.81. The molecule has 6 heteroatoms. The van der Waals surface area contributed by atoms with E-state index in [9.17, 15) is 0 Å². The molecule has 0 amide bonds. The van der Waals surface area contributed by atoms with Gasteiger partial charge in [-0.05, 0) is 31.5 Å². The molecule has 0 saturated carbocycles. The minimum absolute atomic E-state index is 0.0170. The van der Waals surface area contributed by atoms with Crippen molar-refractivity contribution >= 4 is 5.69 Å². The van der Waals surface area contributed by atoms with Crippen molar-refractivity contribution in [3.8, 4) is 17.5 Å². The van der Waals surface area contributed by atoms with Gasteiger partial charge in [0.1, 0.15) is 18.7 Å². The van der Waals surface area contributed by atoms with Crippen molar-refractivity contribution in [2.45, 2.75) is 26.6 Å². The Hall–Kier alpha value is -2.50. The van der Waals surface area contributed by atoms with Crippen LogP contribution in [0.1, 0.15) is 19.4 Å². The van der Waals surface area contributed by atoms with Gasteiger partial charge in [-0.25, -0.2) is 0 Å². The Morgan fingerprint density at radius 3 is 2.38 bits per heavy atom. The van der Waals surface area contributed by atoms with Gasteiger partial charge >= 0.3 is 0 Å². The van der Waals surface area contributed by atoms with Crippen LogP contribution in [0.4, 0.5) is 5.69 Å². The van der Waals surface area contributed by atoms with E-state index in [1.807, 2.05) is 38.1 Å². The van der Waals surface area contributed by atoms with Gasteiger partial charge in [0.15, 0.2) is 5.69 Å². The molecule has 1 aromatic heterocycles. The normalized spacial score (nSPS) is 10.5. The Bertz CT molecular complexity index is 585. The van der Waals surface area contributed by atoms with Gasteiger partial charge in [0.25, 0.3) is 0 Å². The lowest BCUT2D eigenvalue weighted by Gasteiger charge is -2.13. The predicted octanol–water partition coefficient (Wildman–Crippen LogP) is 2.43. The molecule has 0 bridgehead atoms. The SMILES string of the molecule is COc1ccc(COc2ncnc(OC(C)C)c2N)cc1.